The van der Waals surface area contributed by atoms with Gasteiger partial charge in [-0.25, -0.2) is 5.43 Å². The minimum Gasteiger partial charge on any atom is -0.366 e. The fourth-order valence-corrected chi connectivity index (χ4v) is 4.59. The summed E-state index contributed by atoms with van der Waals surface area (Å²) in [6.45, 7) is 10.1. The molecule has 0 aromatic heterocycles. The average Bonchev–Trinajstić information content (AvgIpc) is 2.61. The van der Waals surface area contributed by atoms with Crippen LogP contribution in [0, 0.1) is 3.57 Å². The second-order valence-corrected chi connectivity index (χ2v) is 8.94. The molecule has 142 valence electrons. The molecule has 3 rings (SSSR count). The van der Waals surface area contributed by atoms with E-state index < -0.39 is 0 Å². The molecule has 0 radical (unpaired) electrons. The average molecular weight is 475 g/mol. The van der Waals surface area contributed by atoms with Crippen LogP contribution in [0.15, 0.2) is 47.6 Å². The predicted molar refractivity (Wildman–Crippen MR) is 121 cm³/mol. The molecule has 1 aliphatic heterocycles. The van der Waals surface area contributed by atoms with Crippen LogP contribution in [0.5, 0.6) is 0 Å². The quantitative estimate of drug-likeness (QED) is 0.377. The van der Waals surface area contributed by atoms with Crippen molar-refractivity contribution in [3.8, 4) is 0 Å². The molecule has 0 aliphatic carbocycles. The van der Waals surface area contributed by atoms with Crippen LogP contribution in [0.2, 0.25) is 0 Å². The Bertz CT molecular complexity index is 876. The first-order valence-electron chi connectivity index (χ1n) is 9.32. The molecule has 0 bridgehead atoms. The zero-order chi connectivity index (χ0) is 19.6. The number of fused-ring (bicyclic) bond motifs is 1. The highest BCUT2D eigenvalue weighted by atomic mass is 127. The number of rotatable bonds is 4. The van der Waals surface area contributed by atoms with Gasteiger partial charge in [0, 0.05) is 26.9 Å². The third-order valence-corrected chi connectivity index (χ3v) is 5.86. The number of hydrazone groups is 1. The maximum absolute atomic E-state index is 12.2. The third-order valence-electron chi connectivity index (χ3n) is 5.19. The van der Waals surface area contributed by atoms with Crippen molar-refractivity contribution in [1.82, 2.24) is 5.43 Å². The van der Waals surface area contributed by atoms with Gasteiger partial charge in [0.25, 0.3) is 5.91 Å². The summed E-state index contributed by atoms with van der Waals surface area (Å²) >= 11 is 2.19. The van der Waals surface area contributed by atoms with E-state index in [0.29, 0.717) is 11.5 Å². The lowest BCUT2D eigenvalue weighted by Crippen LogP contribution is -2.48. The van der Waals surface area contributed by atoms with E-state index in [1.54, 1.807) is 12.3 Å². The highest BCUT2D eigenvalue weighted by Crippen LogP contribution is 2.43. The van der Waals surface area contributed by atoms with Crippen molar-refractivity contribution in [2.24, 2.45) is 5.10 Å². The third kappa shape index (κ3) is 4.34. The van der Waals surface area contributed by atoms with Crippen LogP contribution in [0.1, 0.15) is 61.5 Å². The van der Waals surface area contributed by atoms with Gasteiger partial charge in [-0.2, -0.15) is 5.10 Å². The maximum atomic E-state index is 12.2. The van der Waals surface area contributed by atoms with Crippen LogP contribution in [0.4, 0.5) is 5.69 Å². The lowest BCUT2D eigenvalue weighted by Gasteiger charge is -2.47. The topological polar surface area (TPSA) is 44.7 Å². The summed E-state index contributed by atoms with van der Waals surface area (Å²) in [7, 11) is 0. The number of nitrogens with zero attached hydrogens (tertiary/aromatic N) is 2. The van der Waals surface area contributed by atoms with Gasteiger partial charge in [0.15, 0.2) is 0 Å². The van der Waals surface area contributed by atoms with Crippen LogP contribution >= 0.6 is 22.6 Å². The zero-order valence-electron chi connectivity index (χ0n) is 16.3. The molecular weight excluding hydrogens is 449 g/mol. The van der Waals surface area contributed by atoms with E-state index in [2.05, 4.69) is 83.9 Å². The molecule has 1 aliphatic rings. The highest BCUT2D eigenvalue weighted by Gasteiger charge is 2.35. The van der Waals surface area contributed by atoms with Gasteiger partial charge in [0.2, 0.25) is 0 Å². The Kier molecular flexibility index (Phi) is 5.89. The van der Waals surface area contributed by atoms with E-state index in [-0.39, 0.29) is 11.4 Å². The van der Waals surface area contributed by atoms with E-state index >= 15 is 0 Å². The van der Waals surface area contributed by atoms with Crippen molar-refractivity contribution in [2.75, 3.05) is 11.4 Å². The van der Waals surface area contributed by atoms with Gasteiger partial charge in [0.1, 0.15) is 0 Å². The summed E-state index contributed by atoms with van der Waals surface area (Å²) < 4.78 is 1.02. The Labute approximate surface area is 175 Å². The fourth-order valence-electron chi connectivity index (χ4n) is 4.05. The molecule has 2 aromatic carbocycles. The minimum absolute atomic E-state index is 0.165. The maximum Gasteiger partial charge on any atom is 0.271 e. The second kappa shape index (κ2) is 8.00. The SMILES string of the molecule is CCN1c2ccc(/C=N/NC(=O)c3cccc(I)c3)cc2C(C)CC1(C)C. The molecule has 0 fully saturated rings. The number of carbonyl (C=O) groups is 1. The van der Waals surface area contributed by atoms with E-state index in [0.717, 1.165) is 22.1 Å². The van der Waals surface area contributed by atoms with E-state index in [1.165, 1.54) is 11.3 Å². The van der Waals surface area contributed by atoms with Crippen molar-refractivity contribution in [1.29, 1.82) is 0 Å². The van der Waals surface area contributed by atoms with Gasteiger partial charge in [-0.05, 0) is 97.2 Å². The molecule has 2 aromatic rings. The Hall–Kier alpha value is -1.89. The Balaban J connectivity index is 1.76. The van der Waals surface area contributed by atoms with Gasteiger partial charge in [-0.3, -0.25) is 4.79 Å². The van der Waals surface area contributed by atoms with Crippen LogP contribution < -0.4 is 10.3 Å². The number of benzene rings is 2. The number of amides is 1. The van der Waals surface area contributed by atoms with Crippen molar-refractivity contribution >= 4 is 40.4 Å². The van der Waals surface area contributed by atoms with Gasteiger partial charge in [-0.15, -0.1) is 0 Å². The smallest absolute Gasteiger partial charge is 0.271 e. The Morgan fingerprint density at radius 1 is 1.33 bits per heavy atom. The molecular formula is C22H26IN3O. The first-order chi connectivity index (χ1) is 12.8. The van der Waals surface area contributed by atoms with E-state index in [1.807, 2.05) is 18.2 Å². The zero-order valence-corrected chi connectivity index (χ0v) is 18.4. The van der Waals surface area contributed by atoms with Crippen LogP contribution in [-0.4, -0.2) is 24.2 Å². The molecule has 0 spiro atoms. The first kappa shape index (κ1) is 19.9. The summed E-state index contributed by atoms with van der Waals surface area (Å²) in [5.41, 5.74) is 7.05. The summed E-state index contributed by atoms with van der Waals surface area (Å²) in [6.07, 6.45) is 2.84. The van der Waals surface area contributed by atoms with E-state index in [4.69, 9.17) is 0 Å². The summed E-state index contributed by atoms with van der Waals surface area (Å²) in [5, 5.41) is 4.15. The van der Waals surface area contributed by atoms with Crippen molar-refractivity contribution in [3.05, 3.63) is 62.7 Å². The largest absolute Gasteiger partial charge is 0.366 e. The summed E-state index contributed by atoms with van der Waals surface area (Å²) in [5.74, 6) is 0.294. The number of nitrogens with one attached hydrogen (secondary N) is 1. The van der Waals surface area contributed by atoms with Gasteiger partial charge in [0.05, 0.1) is 6.21 Å². The second-order valence-electron chi connectivity index (χ2n) is 7.69. The minimum atomic E-state index is -0.199. The van der Waals surface area contributed by atoms with Crippen molar-refractivity contribution in [3.63, 3.8) is 0 Å². The molecule has 5 heteroatoms. The monoisotopic (exact) mass is 475 g/mol. The van der Waals surface area contributed by atoms with Crippen LogP contribution in [0.3, 0.4) is 0 Å². The molecule has 1 heterocycles. The van der Waals surface area contributed by atoms with Gasteiger partial charge >= 0.3 is 0 Å². The summed E-state index contributed by atoms with van der Waals surface area (Å²) in [6, 6.07) is 13.9. The van der Waals surface area contributed by atoms with Gasteiger partial charge in [-0.1, -0.05) is 19.1 Å². The summed E-state index contributed by atoms with van der Waals surface area (Å²) in [4.78, 5) is 14.7. The molecule has 0 saturated carbocycles. The van der Waals surface area contributed by atoms with Crippen LogP contribution in [-0.2, 0) is 0 Å². The molecule has 27 heavy (non-hydrogen) atoms. The van der Waals surface area contributed by atoms with Crippen LogP contribution in [0.25, 0.3) is 0 Å². The molecule has 0 saturated heterocycles. The first-order valence-corrected chi connectivity index (χ1v) is 10.4. The van der Waals surface area contributed by atoms with Crippen molar-refractivity contribution < 1.29 is 4.79 Å². The lowest BCUT2D eigenvalue weighted by molar-refractivity contribution is 0.0955. The van der Waals surface area contributed by atoms with E-state index in [9.17, 15) is 4.79 Å². The number of hydrogen-bond donors (Lipinski definition) is 1. The Morgan fingerprint density at radius 3 is 2.81 bits per heavy atom. The molecule has 1 N–H and O–H groups in total. The van der Waals surface area contributed by atoms with Gasteiger partial charge < -0.3 is 4.90 Å². The molecule has 1 amide bonds. The number of halogens is 1. The number of carbonyl (C=O) groups excluding carboxylic acids is 1. The molecule has 1 atom stereocenters. The van der Waals surface area contributed by atoms with Crippen molar-refractivity contribution in [2.45, 2.75) is 45.6 Å². The fraction of sp³-hybridized carbons (Fsp3) is 0.364. The highest BCUT2D eigenvalue weighted by molar-refractivity contribution is 14.1. The normalized spacial score (nSPS) is 18.4. The number of hydrogen-bond acceptors (Lipinski definition) is 3. The Morgan fingerprint density at radius 2 is 2.11 bits per heavy atom. The standard InChI is InChI=1S/C22H26IN3O/c1-5-26-20-10-9-16(11-19(20)15(2)13-22(26,3)4)14-24-25-21(27)17-7-6-8-18(23)12-17/h6-12,14-15H,5,13H2,1-4H3,(H,25,27)/b24-14+. The lowest BCUT2D eigenvalue weighted by atomic mass is 9.79. The number of anilines is 1. The predicted octanol–water partition coefficient (Wildman–Crippen LogP) is 5.17. The molecule has 4 nitrogen and oxygen atoms in total. The molecule has 1 unspecified atom stereocenters.